The highest BCUT2D eigenvalue weighted by molar-refractivity contribution is 6.29. The highest BCUT2D eigenvalue weighted by Gasteiger charge is 2.27. The largest absolute Gasteiger partial charge is 0.289 e. The van der Waals surface area contributed by atoms with E-state index in [1.807, 2.05) is 19.9 Å². The van der Waals surface area contributed by atoms with Crippen molar-refractivity contribution >= 4 is 17.8 Å². The van der Waals surface area contributed by atoms with E-state index in [2.05, 4.69) is 16.6 Å². The lowest BCUT2D eigenvalue weighted by Crippen LogP contribution is -2.18. The summed E-state index contributed by atoms with van der Waals surface area (Å²) in [6.07, 6.45) is 5.29. The summed E-state index contributed by atoms with van der Waals surface area (Å²) < 4.78 is 0. The van der Waals surface area contributed by atoms with Crippen LogP contribution in [0.1, 0.15) is 26.7 Å². The summed E-state index contributed by atoms with van der Waals surface area (Å²) in [4.78, 5) is 20.4. The molecule has 3 nitrogen and oxygen atoms in total. The summed E-state index contributed by atoms with van der Waals surface area (Å²) in [6, 6.07) is 0. The number of ketones is 1. The Morgan fingerprint density at radius 1 is 1.47 bits per heavy atom. The molecule has 0 atom stereocenters. The molecule has 0 saturated carbocycles. The van der Waals surface area contributed by atoms with Crippen molar-refractivity contribution in [3.8, 4) is 0 Å². The van der Waals surface area contributed by atoms with Crippen molar-refractivity contribution in [1.82, 2.24) is 0 Å². The molecule has 15 heavy (non-hydrogen) atoms. The summed E-state index contributed by atoms with van der Waals surface area (Å²) in [5, 5.41) is 0. The van der Waals surface area contributed by atoms with Gasteiger partial charge >= 0.3 is 0 Å². The van der Waals surface area contributed by atoms with Gasteiger partial charge in [-0.25, -0.2) is 4.99 Å². The molecule has 0 unspecified atom stereocenters. The molecule has 0 aromatic rings. The van der Waals surface area contributed by atoms with Crippen LogP contribution in [-0.2, 0) is 4.79 Å². The van der Waals surface area contributed by atoms with E-state index in [0.717, 1.165) is 12.8 Å². The summed E-state index contributed by atoms with van der Waals surface area (Å²) in [5.41, 5.74) is 0.998. The highest BCUT2D eigenvalue weighted by atomic mass is 16.1. The number of carbonyl (C=O) groups excluding carboxylic acids is 1. The van der Waals surface area contributed by atoms with Gasteiger partial charge in [0, 0.05) is 6.21 Å². The van der Waals surface area contributed by atoms with E-state index >= 15 is 0 Å². The fourth-order valence-electron chi connectivity index (χ4n) is 1.66. The fraction of sp³-hybridized carbons (Fsp3) is 0.417. The lowest BCUT2D eigenvalue weighted by atomic mass is 9.93. The Balaban J connectivity index is 2.34. The predicted octanol–water partition coefficient (Wildman–Crippen LogP) is 2.09. The molecule has 0 aromatic carbocycles. The first-order valence-corrected chi connectivity index (χ1v) is 5.08. The van der Waals surface area contributed by atoms with Gasteiger partial charge in [-0.3, -0.25) is 9.79 Å². The maximum atomic E-state index is 11.8. The van der Waals surface area contributed by atoms with E-state index in [1.165, 1.54) is 0 Å². The molecule has 2 aliphatic rings. The van der Waals surface area contributed by atoms with Gasteiger partial charge in [0.1, 0.15) is 0 Å². The Morgan fingerprint density at radius 3 is 2.80 bits per heavy atom. The number of aliphatic imine (C=N–C) groups is 2. The standard InChI is InChI=1S/C12H14N2O/c1-8-5-4-6-9(10(8)15)11-13-7-12(2,3)14-11/h6-7H,1,4-5H2,2-3H3. The maximum absolute atomic E-state index is 11.8. The second kappa shape index (κ2) is 3.26. The van der Waals surface area contributed by atoms with Crippen molar-refractivity contribution in [3.63, 3.8) is 0 Å². The molecule has 78 valence electrons. The molecule has 0 bridgehead atoms. The van der Waals surface area contributed by atoms with Gasteiger partial charge in [-0.05, 0) is 32.3 Å². The minimum atomic E-state index is -0.283. The zero-order valence-electron chi connectivity index (χ0n) is 9.08. The van der Waals surface area contributed by atoms with Crippen LogP contribution >= 0.6 is 0 Å². The Hall–Kier alpha value is -1.51. The number of hydrogen-bond acceptors (Lipinski definition) is 3. The average molecular weight is 202 g/mol. The molecular formula is C12H14N2O. The van der Waals surface area contributed by atoms with Gasteiger partial charge in [0.2, 0.25) is 0 Å². The first-order chi connectivity index (χ1) is 6.99. The number of carbonyl (C=O) groups is 1. The maximum Gasteiger partial charge on any atom is 0.191 e. The number of hydrogen-bond donors (Lipinski definition) is 0. The molecule has 0 fully saturated rings. The van der Waals surface area contributed by atoms with Gasteiger partial charge in [0.15, 0.2) is 11.6 Å². The molecule has 3 heteroatoms. The Labute approximate surface area is 89.3 Å². The zero-order valence-corrected chi connectivity index (χ0v) is 9.08. The van der Waals surface area contributed by atoms with Gasteiger partial charge in [-0.1, -0.05) is 12.7 Å². The SMILES string of the molecule is C=C1CCC=C(C2=NC(C)(C)C=N2)C1=O. The van der Waals surface area contributed by atoms with Crippen LogP contribution in [0.3, 0.4) is 0 Å². The third-order valence-corrected chi connectivity index (χ3v) is 2.50. The number of nitrogens with zero attached hydrogens (tertiary/aromatic N) is 2. The van der Waals surface area contributed by atoms with Gasteiger partial charge in [-0.15, -0.1) is 0 Å². The van der Waals surface area contributed by atoms with Crippen LogP contribution in [0.25, 0.3) is 0 Å². The average Bonchev–Trinajstić information content (AvgIpc) is 2.51. The molecule has 0 radical (unpaired) electrons. The highest BCUT2D eigenvalue weighted by Crippen LogP contribution is 2.23. The van der Waals surface area contributed by atoms with E-state index in [-0.39, 0.29) is 11.3 Å². The smallest absolute Gasteiger partial charge is 0.191 e. The minimum absolute atomic E-state index is 0.00477. The van der Waals surface area contributed by atoms with Crippen LogP contribution in [0.4, 0.5) is 0 Å². The van der Waals surface area contributed by atoms with Crippen LogP contribution in [0, 0.1) is 0 Å². The van der Waals surface area contributed by atoms with E-state index in [9.17, 15) is 4.79 Å². The number of allylic oxidation sites excluding steroid dienone is 2. The monoisotopic (exact) mass is 202 g/mol. The summed E-state index contributed by atoms with van der Waals surface area (Å²) >= 11 is 0. The molecule has 0 amide bonds. The van der Waals surface area contributed by atoms with Crippen molar-refractivity contribution in [2.75, 3.05) is 0 Å². The van der Waals surface area contributed by atoms with Crippen LogP contribution in [0.15, 0.2) is 33.8 Å². The quantitative estimate of drug-likeness (QED) is 0.600. The van der Waals surface area contributed by atoms with Crippen molar-refractivity contribution < 1.29 is 4.79 Å². The molecule has 0 saturated heterocycles. The van der Waals surface area contributed by atoms with Crippen molar-refractivity contribution in [2.45, 2.75) is 32.2 Å². The Bertz CT molecular complexity index is 425. The second-order valence-electron chi connectivity index (χ2n) is 4.44. The van der Waals surface area contributed by atoms with Gasteiger partial charge in [-0.2, -0.15) is 0 Å². The van der Waals surface area contributed by atoms with Crippen LogP contribution in [-0.4, -0.2) is 23.4 Å². The van der Waals surface area contributed by atoms with Crippen LogP contribution < -0.4 is 0 Å². The molecule has 1 heterocycles. The lowest BCUT2D eigenvalue weighted by molar-refractivity contribution is -0.112. The Kier molecular flexibility index (Phi) is 2.18. The third-order valence-electron chi connectivity index (χ3n) is 2.50. The third kappa shape index (κ3) is 1.82. The second-order valence-corrected chi connectivity index (χ2v) is 4.44. The molecule has 1 aliphatic carbocycles. The van der Waals surface area contributed by atoms with Gasteiger partial charge in [0.05, 0.1) is 11.1 Å². The zero-order chi connectivity index (χ0) is 11.1. The van der Waals surface area contributed by atoms with Crippen molar-refractivity contribution in [1.29, 1.82) is 0 Å². The van der Waals surface area contributed by atoms with Gasteiger partial charge in [0.25, 0.3) is 0 Å². The molecule has 1 aliphatic heterocycles. The van der Waals surface area contributed by atoms with E-state index in [0.29, 0.717) is 17.0 Å². The molecule has 2 rings (SSSR count). The Morgan fingerprint density at radius 2 is 2.20 bits per heavy atom. The van der Waals surface area contributed by atoms with Crippen molar-refractivity contribution in [2.24, 2.45) is 9.98 Å². The van der Waals surface area contributed by atoms with Gasteiger partial charge < -0.3 is 0 Å². The first-order valence-electron chi connectivity index (χ1n) is 5.08. The van der Waals surface area contributed by atoms with E-state index in [1.54, 1.807) is 6.21 Å². The number of amidine groups is 1. The van der Waals surface area contributed by atoms with E-state index in [4.69, 9.17) is 0 Å². The van der Waals surface area contributed by atoms with Crippen LogP contribution in [0.2, 0.25) is 0 Å². The number of Topliss-reactive ketones (excluding diaryl/α,β-unsaturated/α-hetero) is 1. The van der Waals surface area contributed by atoms with Crippen LogP contribution in [0.5, 0.6) is 0 Å². The molecule has 0 aromatic heterocycles. The topological polar surface area (TPSA) is 41.8 Å². The predicted molar refractivity (Wildman–Crippen MR) is 61.5 cm³/mol. The minimum Gasteiger partial charge on any atom is -0.289 e. The normalized spacial score (nSPS) is 24.1. The fourth-order valence-corrected chi connectivity index (χ4v) is 1.66. The summed E-state index contributed by atoms with van der Waals surface area (Å²) in [7, 11) is 0. The lowest BCUT2D eigenvalue weighted by Gasteiger charge is -2.13. The summed E-state index contributed by atoms with van der Waals surface area (Å²) in [5.74, 6) is 0.556. The summed E-state index contributed by atoms with van der Waals surface area (Å²) in [6.45, 7) is 7.68. The molecule has 0 N–H and O–H groups in total. The molecule has 0 spiro atoms. The first kappa shape index (κ1) is 10.0. The van der Waals surface area contributed by atoms with E-state index < -0.39 is 0 Å². The number of rotatable bonds is 1. The molecular weight excluding hydrogens is 188 g/mol. The van der Waals surface area contributed by atoms with Crippen molar-refractivity contribution in [3.05, 3.63) is 23.8 Å².